The van der Waals surface area contributed by atoms with Gasteiger partial charge in [0.2, 0.25) is 0 Å². The number of halogens is 1. The van der Waals surface area contributed by atoms with Gasteiger partial charge in [-0.1, -0.05) is 15.9 Å². The Hall–Kier alpha value is 0.360. The predicted octanol–water partition coefficient (Wildman–Crippen LogP) is 2.21. The second-order valence-electron chi connectivity index (χ2n) is 6.03. The molecule has 0 aliphatic carbocycles. The van der Waals surface area contributed by atoms with Crippen LogP contribution in [0.25, 0.3) is 0 Å². The summed E-state index contributed by atoms with van der Waals surface area (Å²) in [5.74, 6) is 0. The molecule has 2 aliphatic rings. The maximum atomic E-state index is 5.50. The molecule has 4 heteroatoms. The Morgan fingerprint density at radius 2 is 1.89 bits per heavy atom. The van der Waals surface area contributed by atoms with Crippen molar-refractivity contribution in [3.05, 3.63) is 0 Å². The molecule has 0 aromatic carbocycles. The molecule has 3 nitrogen and oxygen atoms in total. The molecule has 2 fully saturated rings. The van der Waals surface area contributed by atoms with Crippen LogP contribution in [0.2, 0.25) is 0 Å². The summed E-state index contributed by atoms with van der Waals surface area (Å²) in [4.78, 5) is 5.12. The third-order valence-corrected chi connectivity index (χ3v) is 5.63. The van der Waals surface area contributed by atoms with Gasteiger partial charge in [0.1, 0.15) is 0 Å². The highest BCUT2D eigenvalue weighted by Gasteiger charge is 2.32. The number of likely N-dealkylation sites (tertiary alicyclic amines) is 1. The first-order valence-corrected chi connectivity index (χ1v) is 8.41. The van der Waals surface area contributed by atoms with Crippen molar-refractivity contribution >= 4 is 15.9 Å². The summed E-state index contributed by atoms with van der Waals surface area (Å²) >= 11 is 3.72. The highest BCUT2D eigenvalue weighted by Crippen LogP contribution is 2.33. The summed E-state index contributed by atoms with van der Waals surface area (Å²) in [7, 11) is 2.27. The molecule has 2 saturated heterocycles. The van der Waals surface area contributed by atoms with E-state index in [0.717, 1.165) is 18.5 Å². The van der Waals surface area contributed by atoms with Crippen LogP contribution >= 0.6 is 15.9 Å². The lowest BCUT2D eigenvalue weighted by molar-refractivity contribution is 0.0112. The van der Waals surface area contributed by atoms with Crippen LogP contribution in [0.4, 0.5) is 0 Å². The lowest BCUT2D eigenvalue weighted by Crippen LogP contribution is -2.43. The molecule has 0 saturated carbocycles. The van der Waals surface area contributed by atoms with Crippen molar-refractivity contribution in [2.24, 2.45) is 5.41 Å². The number of likely N-dealkylation sites (N-methyl/N-ethyl adjacent to an activating group) is 1. The molecule has 0 aromatic heterocycles. The summed E-state index contributed by atoms with van der Waals surface area (Å²) in [5.41, 5.74) is 0.442. The van der Waals surface area contributed by atoms with E-state index in [4.69, 9.17) is 4.74 Å². The molecule has 2 aliphatic heterocycles. The predicted molar refractivity (Wildman–Crippen MR) is 79.5 cm³/mol. The lowest BCUT2D eigenvalue weighted by atomic mass is 9.82. The van der Waals surface area contributed by atoms with Crippen molar-refractivity contribution in [2.75, 3.05) is 58.3 Å². The largest absolute Gasteiger partial charge is 0.381 e. The third-order valence-electron chi connectivity index (χ3n) is 4.44. The minimum absolute atomic E-state index is 0.442. The van der Waals surface area contributed by atoms with E-state index < -0.39 is 0 Å². The average Bonchev–Trinajstić information content (AvgIpc) is 2.91. The summed E-state index contributed by atoms with van der Waals surface area (Å²) < 4.78 is 5.50. The standard InChI is InChI=1S/C14H27BrN2O/c1-16(8-9-17-6-2-3-7-17)13-14(12-15)4-10-18-11-5-14/h2-13H2,1H3. The molecule has 2 heterocycles. The summed E-state index contributed by atoms with van der Waals surface area (Å²) in [6.07, 6.45) is 5.19. The van der Waals surface area contributed by atoms with Gasteiger partial charge in [0, 0.05) is 38.2 Å². The van der Waals surface area contributed by atoms with Crippen LogP contribution in [0.15, 0.2) is 0 Å². The number of ether oxygens (including phenoxy) is 1. The average molecular weight is 319 g/mol. The van der Waals surface area contributed by atoms with Gasteiger partial charge in [-0.05, 0) is 51.2 Å². The Morgan fingerprint density at radius 3 is 2.50 bits per heavy atom. The van der Waals surface area contributed by atoms with E-state index in [-0.39, 0.29) is 0 Å². The maximum absolute atomic E-state index is 5.50. The number of hydrogen-bond acceptors (Lipinski definition) is 3. The van der Waals surface area contributed by atoms with E-state index in [0.29, 0.717) is 5.41 Å². The molecule has 0 unspecified atom stereocenters. The van der Waals surface area contributed by atoms with Crippen molar-refractivity contribution < 1.29 is 4.74 Å². The van der Waals surface area contributed by atoms with Gasteiger partial charge in [-0.25, -0.2) is 0 Å². The second-order valence-corrected chi connectivity index (χ2v) is 6.59. The Balaban J connectivity index is 1.72. The zero-order valence-electron chi connectivity index (χ0n) is 11.7. The van der Waals surface area contributed by atoms with Crippen molar-refractivity contribution in [1.82, 2.24) is 9.80 Å². The minimum Gasteiger partial charge on any atom is -0.381 e. The molecule has 0 atom stereocenters. The third kappa shape index (κ3) is 4.19. The molecule has 0 N–H and O–H groups in total. The molecule has 2 rings (SSSR count). The second kappa shape index (κ2) is 7.22. The minimum atomic E-state index is 0.442. The molecule has 0 aromatic rings. The Morgan fingerprint density at radius 1 is 1.22 bits per heavy atom. The van der Waals surface area contributed by atoms with Crippen LogP contribution in [-0.4, -0.2) is 68.1 Å². The van der Waals surface area contributed by atoms with Crippen LogP contribution in [0, 0.1) is 5.41 Å². The molecule has 18 heavy (non-hydrogen) atoms. The van der Waals surface area contributed by atoms with Crippen LogP contribution in [0.3, 0.4) is 0 Å². The maximum Gasteiger partial charge on any atom is 0.0472 e. The Kier molecular flexibility index (Phi) is 5.93. The number of hydrogen-bond donors (Lipinski definition) is 0. The highest BCUT2D eigenvalue weighted by atomic mass is 79.9. The van der Waals surface area contributed by atoms with Gasteiger partial charge in [0.25, 0.3) is 0 Å². The Labute approximate surface area is 120 Å². The first kappa shape index (κ1) is 14.8. The topological polar surface area (TPSA) is 15.7 Å². The van der Waals surface area contributed by atoms with Gasteiger partial charge in [-0.15, -0.1) is 0 Å². The van der Waals surface area contributed by atoms with E-state index in [1.807, 2.05) is 0 Å². The van der Waals surface area contributed by atoms with Gasteiger partial charge < -0.3 is 14.5 Å². The summed E-state index contributed by atoms with van der Waals surface area (Å²) in [6, 6.07) is 0. The summed E-state index contributed by atoms with van der Waals surface area (Å²) in [5, 5.41) is 1.11. The summed E-state index contributed by atoms with van der Waals surface area (Å²) in [6.45, 7) is 8.14. The van der Waals surface area contributed by atoms with Gasteiger partial charge in [-0.2, -0.15) is 0 Å². The van der Waals surface area contributed by atoms with E-state index >= 15 is 0 Å². The smallest absolute Gasteiger partial charge is 0.0472 e. The highest BCUT2D eigenvalue weighted by molar-refractivity contribution is 9.09. The SMILES string of the molecule is CN(CCN1CCCC1)CC1(CBr)CCOCC1. The van der Waals surface area contributed by atoms with Crippen molar-refractivity contribution in [3.8, 4) is 0 Å². The van der Waals surface area contributed by atoms with E-state index in [1.165, 1.54) is 58.4 Å². The van der Waals surface area contributed by atoms with Crippen LogP contribution in [-0.2, 0) is 4.74 Å². The fourth-order valence-electron chi connectivity index (χ4n) is 3.11. The van der Waals surface area contributed by atoms with Gasteiger partial charge in [0.05, 0.1) is 0 Å². The van der Waals surface area contributed by atoms with Crippen LogP contribution in [0.5, 0.6) is 0 Å². The molecule has 0 spiro atoms. The molecular formula is C14H27BrN2O. The van der Waals surface area contributed by atoms with Crippen molar-refractivity contribution in [1.29, 1.82) is 0 Å². The van der Waals surface area contributed by atoms with E-state index in [1.54, 1.807) is 0 Å². The first-order chi connectivity index (χ1) is 8.74. The first-order valence-electron chi connectivity index (χ1n) is 7.29. The van der Waals surface area contributed by atoms with Gasteiger partial charge in [0.15, 0.2) is 0 Å². The van der Waals surface area contributed by atoms with E-state index in [9.17, 15) is 0 Å². The fourth-order valence-corrected chi connectivity index (χ4v) is 3.85. The zero-order valence-corrected chi connectivity index (χ0v) is 13.3. The van der Waals surface area contributed by atoms with Crippen LogP contribution in [0.1, 0.15) is 25.7 Å². The molecule has 0 amide bonds. The fraction of sp³-hybridized carbons (Fsp3) is 1.00. The van der Waals surface area contributed by atoms with Gasteiger partial charge in [-0.3, -0.25) is 0 Å². The number of rotatable bonds is 6. The normalized spacial score (nSPS) is 24.8. The monoisotopic (exact) mass is 318 g/mol. The van der Waals surface area contributed by atoms with Crippen molar-refractivity contribution in [2.45, 2.75) is 25.7 Å². The number of alkyl halides is 1. The zero-order chi connectivity index (χ0) is 12.8. The van der Waals surface area contributed by atoms with Crippen LogP contribution < -0.4 is 0 Å². The molecule has 106 valence electrons. The van der Waals surface area contributed by atoms with Gasteiger partial charge >= 0.3 is 0 Å². The number of nitrogens with zero attached hydrogens (tertiary/aromatic N) is 2. The lowest BCUT2D eigenvalue weighted by Gasteiger charge is -2.39. The molecular weight excluding hydrogens is 292 g/mol. The van der Waals surface area contributed by atoms with E-state index in [2.05, 4.69) is 32.8 Å². The molecule has 0 bridgehead atoms. The Bertz CT molecular complexity index is 238. The quantitative estimate of drug-likeness (QED) is 0.698. The van der Waals surface area contributed by atoms with Crippen molar-refractivity contribution in [3.63, 3.8) is 0 Å². The molecule has 0 radical (unpaired) electrons.